The van der Waals surface area contributed by atoms with E-state index >= 15 is 0 Å². The normalized spacial score (nSPS) is 11.7. The standard InChI is InChI=1S/C22H21F2N3O3/c1-2-6-18(26-20(28)11-14-9-16(23)12-17(24)10-14)21(29)27-22-25-13-19(30-22)15-7-4-3-5-8-15/h3-5,7-10,12-13,18H,2,6,11H2,1H3,(H,26,28)(H,25,27,29). The summed E-state index contributed by atoms with van der Waals surface area (Å²) in [7, 11) is 0. The van der Waals surface area contributed by atoms with Crippen molar-refractivity contribution in [2.45, 2.75) is 32.2 Å². The van der Waals surface area contributed by atoms with Gasteiger partial charge in [0.15, 0.2) is 5.76 Å². The van der Waals surface area contributed by atoms with Gasteiger partial charge in [0.25, 0.3) is 5.91 Å². The van der Waals surface area contributed by atoms with E-state index in [2.05, 4.69) is 15.6 Å². The van der Waals surface area contributed by atoms with Crippen molar-refractivity contribution in [3.63, 3.8) is 0 Å². The van der Waals surface area contributed by atoms with Crippen LogP contribution in [0.5, 0.6) is 0 Å². The predicted molar refractivity (Wildman–Crippen MR) is 107 cm³/mol. The molecule has 3 aromatic rings. The Labute approximate surface area is 172 Å². The highest BCUT2D eigenvalue weighted by Gasteiger charge is 2.22. The molecule has 1 aromatic heterocycles. The lowest BCUT2D eigenvalue weighted by Gasteiger charge is -2.17. The van der Waals surface area contributed by atoms with Crippen LogP contribution in [0.3, 0.4) is 0 Å². The van der Waals surface area contributed by atoms with Gasteiger partial charge in [-0.25, -0.2) is 13.8 Å². The SMILES string of the molecule is CCCC(NC(=O)Cc1cc(F)cc(F)c1)C(=O)Nc1ncc(-c2ccccc2)o1. The number of carbonyl (C=O) groups is 2. The number of nitrogens with zero attached hydrogens (tertiary/aromatic N) is 1. The molecule has 30 heavy (non-hydrogen) atoms. The lowest BCUT2D eigenvalue weighted by Crippen LogP contribution is -2.44. The molecule has 156 valence electrons. The minimum atomic E-state index is -0.840. The molecule has 2 N–H and O–H groups in total. The van der Waals surface area contributed by atoms with E-state index in [0.29, 0.717) is 18.6 Å². The molecule has 0 saturated carbocycles. The minimum Gasteiger partial charge on any atom is -0.423 e. The number of amides is 2. The smallest absolute Gasteiger partial charge is 0.301 e. The van der Waals surface area contributed by atoms with Crippen LogP contribution in [-0.4, -0.2) is 22.8 Å². The van der Waals surface area contributed by atoms with Crippen molar-refractivity contribution in [1.29, 1.82) is 0 Å². The van der Waals surface area contributed by atoms with Crippen molar-refractivity contribution in [1.82, 2.24) is 10.3 Å². The molecule has 1 atom stereocenters. The Morgan fingerprint density at radius 1 is 1.10 bits per heavy atom. The molecule has 3 rings (SSSR count). The summed E-state index contributed by atoms with van der Waals surface area (Å²) in [5.41, 5.74) is 0.993. The van der Waals surface area contributed by atoms with Crippen LogP contribution < -0.4 is 10.6 Å². The van der Waals surface area contributed by atoms with Gasteiger partial charge in [0.1, 0.15) is 17.7 Å². The fourth-order valence-corrected chi connectivity index (χ4v) is 2.96. The fraction of sp³-hybridized carbons (Fsp3) is 0.227. The van der Waals surface area contributed by atoms with Crippen LogP contribution in [0.15, 0.2) is 59.1 Å². The number of anilines is 1. The van der Waals surface area contributed by atoms with Gasteiger partial charge in [-0.3, -0.25) is 14.9 Å². The number of aromatic nitrogens is 1. The maximum absolute atomic E-state index is 13.3. The Hall–Kier alpha value is -3.55. The third-order valence-corrected chi connectivity index (χ3v) is 4.31. The van der Waals surface area contributed by atoms with Crippen LogP contribution >= 0.6 is 0 Å². The molecule has 0 bridgehead atoms. The van der Waals surface area contributed by atoms with Gasteiger partial charge >= 0.3 is 6.01 Å². The molecular weight excluding hydrogens is 392 g/mol. The number of hydrogen-bond acceptors (Lipinski definition) is 4. The monoisotopic (exact) mass is 413 g/mol. The first-order valence-corrected chi connectivity index (χ1v) is 9.51. The van der Waals surface area contributed by atoms with Crippen molar-refractivity contribution in [2.24, 2.45) is 0 Å². The summed E-state index contributed by atoms with van der Waals surface area (Å²) in [5.74, 6) is -2.05. The largest absolute Gasteiger partial charge is 0.423 e. The summed E-state index contributed by atoms with van der Waals surface area (Å²) >= 11 is 0. The molecule has 0 aliphatic carbocycles. The van der Waals surface area contributed by atoms with E-state index in [-0.39, 0.29) is 18.0 Å². The number of halogens is 2. The second-order valence-electron chi connectivity index (χ2n) is 6.75. The minimum absolute atomic E-state index is 0.0152. The average Bonchev–Trinajstić information content (AvgIpc) is 3.16. The zero-order chi connectivity index (χ0) is 21.5. The molecule has 0 aliphatic heterocycles. The third kappa shape index (κ3) is 5.73. The van der Waals surface area contributed by atoms with Crippen molar-refractivity contribution in [3.8, 4) is 11.3 Å². The van der Waals surface area contributed by atoms with E-state index in [0.717, 1.165) is 23.8 Å². The Bertz CT molecular complexity index is 1000. The van der Waals surface area contributed by atoms with E-state index in [9.17, 15) is 18.4 Å². The van der Waals surface area contributed by atoms with Gasteiger partial charge in [-0.05, 0) is 24.1 Å². The first kappa shape index (κ1) is 21.2. The van der Waals surface area contributed by atoms with Gasteiger partial charge in [0, 0.05) is 11.6 Å². The molecule has 0 spiro atoms. The molecule has 1 heterocycles. The van der Waals surface area contributed by atoms with Gasteiger partial charge in [-0.2, -0.15) is 0 Å². The molecule has 0 radical (unpaired) electrons. The van der Waals surface area contributed by atoms with E-state index < -0.39 is 29.5 Å². The van der Waals surface area contributed by atoms with E-state index in [4.69, 9.17) is 4.42 Å². The molecule has 0 fully saturated rings. The zero-order valence-corrected chi connectivity index (χ0v) is 16.3. The fourth-order valence-electron chi connectivity index (χ4n) is 2.96. The first-order valence-electron chi connectivity index (χ1n) is 9.51. The molecule has 0 aliphatic rings. The van der Waals surface area contributed by atoms with Crippen molar-refractivity contribution in [2.75, 3.05) is 5.32 Å². The molecule has 2 amide bonds. The first-order chi connectivity index (χ1) is 14.4. The molecule has 8 heteroatoms. The Morgan fingerprint density at radius 3 is 2.47 bits per heavy atom. The molecule has 1 unspecified atom stereocenters. The van der Waals surface area contributed by atoms with E-state index in [1.807, 2.05) is 37.3 Å². The predicted octanol–water partition coefficient (Wildman–Crippen LogP) is 4.09. The summed E-state index contributed by atoms with van der Waals surface area (Å²) < 4.78 is 32.2. The van der Waals surface area contributed by atoms with Crippen LogP contribution in [0.25, 0.3) is 11.3 Å². The number of rotatable bonds is 8. The molecule has 0 saturated heterocycles. The average molecular weight is 413 g/mol. The second kappa shape index (κ2) is 9.78. The lowest BCUT2D eigenvalue weighted by molar-refractivity contribution is -0.126. The molecular formula is C22H21F2N3O3. The van der Waals surface area contributed by atoms with Gasteiger partial charge in [-0.1, -0.05) is 43.7 Å². The number of nitrogens with one attached hydrogen (secondary N) is 2. The van der Waals surface area contributed by atoms with Gasteiger partial charge in [0.05, 0.1) is 12.6 Å². The van der Waals surface area contributed by atoms with Crippen LogP contribution in [0.1, 0.15) is 25.3 Å². The number of oxazole rings is 1. The van der Waals surface area contributed by atoms with Gasteiger partial charge in [-0.15, -0.1) is 0 Å². The number of hydrogen-bond donors (Lipinski definition) is 2. The molecule has 2 aromatic carbocycles. The maximum Gasteiger partial charge on any atom is 0.301 e. The quantitative estimate of drug-likeness (QED) is 0.583. The summed E-state index contributed by atoms with van der Waals surface area (Å²) in [6, 6.07) is 11.3. The topological polar surface area (TPSA) is 84.2 Å². The molecule has 6 nitrogen and oxygen atoms in total. The van der Waals surface area contributed by atoms with E-state index in [1.54, 1.807) is 0 Å². The Kier molecular flexibility index (Phi) is 6.90. The highest BCUT2D eigenvalue weighted by Crippen LogP contribution is 2.22. The van der Waals surface area contributed by atoms with Crippen LogP contribution in [-0.2, 0) is 16.0 Å². The summed E-state index contributed by atoms with van der Waals surface area (Å²) in [4.78, 5) is 28.9. The Balaban J connectivity index is 1.63. The van der Waals surface area contributed by atoms with Gasteiger partial charge < -0.3 is 9.73 Å². The third-order valence-electron chi connectivity index (χ3n) is 4.31. The summed E-state index contributed by atoms with van der Waals surface area (Å²) in [5, 5.41) is 5.15. The van der Waals surface area contributed by atoms with Gasteiger partial charge in [0.2, 0.25) is 5.91 Å². The van der Waals surface area contributed by atoms with Crippen molar-refractivity contribution < 1.29 is 22.8 Å². The zero-order valence-electron chi connectivity index (χ0n) is 16.3. The van der Waals surface area contributed by atoms with Crippen molar-refractivity contribution in [3.05, 3.63) is 71.9 Å². The van der Waals surface area contributed by atoms with E-state index in [1.165, 1.54) is 6.20 Å². The highest BCUT2D eigenvalue weighted by molar-refractivity contribution is 5.96. The summed E-state index contributed by atoms with van der Waals surface area (Å²) in [6.07, 6.45) is 2.26. The highest BCUT2D eigenvalue weighted by atomic mass is 19.1. The van der Waals surface area contributed by atoms with Crippen LogP contribution in [0.2, 0.25) is 0 Å². The van der Waals surface area contributed by atoms with Crippen molar-refractivity contribution >= 4 is 17.8 Å². The second-order valence-corrected chi connectivity index (χ2v) is 6.75. The van der Waals surface area contributed by atoms with Crippen LogP contribution in [0, 0.1) is 11.6 Å². The summed E-state index contributed by atoms with van der Waals surface area (Å²) in [6.45, 7) is 1.87. The lowest BCUT2D eigenvalue weighted by atomic mass is 10.1. The number of carbonyl (C=O) groups excluding carboxylic acids is 2. The Morgan fingerprint density at radius 2 is 1.80 bits per heavy atom. The maximum atomic E-state index is 13.3. The number of benzene rings is 2. The van der Waals surface area contributed by atoms with Crippen LogP contribution in [0.4, 0.5) is 14.8 Å².